The summed E-state index contributed by atoms with van der Waals surface area (Å²) in [7, 11) is 3.05. The molecule has 1 aromatic rings. The number of hydrogen-bond acceptors (Lipinski definition) is 4. The Labute approximate surface area is 112 Å². The second kappa shape index (κ2) is 5.30. The Kier molecular flexibility index (Phi) is 3.74. The lowest BCUT2D eigenvalue weighted by Crippen LogP contribution is -2.29. The van der Waals surface area contributed by atoms with Crippen molar-refractivity contribution in [1.82, 2.24) is 0 Å². The van der Waals surface area contributed by atoms with Gasteiger partial charge in [-0.25, -0.2) is 0 Å². The molecule has 19 heavy (non-hydrogen) atoms. The minimum atomic E-state index is -0.0978. The van der Waals surface area contributed by atoms with Crippen molar-refractivity contribution in [1.29, 1.82) is 0 Å². The van der Waals surface area contributed by atoms with Crippen LogP contribution in [-0.2, 0) is 4.79 Å². The molecule has 0 aromatic heterocycles. The molecule has 5 heteroatoms. The van der Waals surface area contributed by atoms with Gasteiger partial charge in [-0.15, -0.1) is 0 Å². The number of carbonyl (C=O) groups is 2. The van der Waals surface area contributed by atoms with Crippen LogP contribution < -0.4 is 14.4 Å². The van der Waals surface area contributed by atoms with Crippen molar-refractivity contribution in [2.75, 3.05) is 25.7 Å². The summed E-state index contributed by atoms with van der Waals surface area (Å²) in [5.41, 5.74) is 1.04. The number of nitrogens with zero attached hydrogens (tertiary/aromatic N) is 1. The molecule has 0 fully saturated rings. The third kappa shape index (κ3) is 2.41. The van der Waals surface area contributed by atoms with Gasteiger partial charge in [-0.2, -0.15) is 0 Å². The third-order valence-electron chi connectivity index (χ3n) is 3.24. The summed E-state index contributed by atoms with van der Waals surface area (Å²) in [4.78, 5) is 25.5. The highest BCUT2D eigenvalue weighted by atomic mass is 16.5. The number of hydrogen-bond donors (Lipinski definition) is 0. The summed E-state index contributed by atoms with van der Waals surface area (Å²) < 4.78 is 10.5. The van der Waals surface area contributed by atoms with E-state index < -0.39 is 0 Å². The molecule has 1 aliphatic heterocycles. The van der Waals surface area contributed by atoms with Crippen LogP contribution in [0.1, 0.15) is 30.1 Å². The standard InChI is InChI=1S/C14H17NO4/c1-9(16)15-6-4-5-12(17)11-7-10(18-2)8-13(19-3)14(11)15/h7-8H,4-6H2,1-3H3. The van der Waals surface area contributed by atoms with Gasteiger partial charge in [0.05, 0.1) is 19.9 Å². The van der Waals surface area contributed by atoms with E-state index in [0.717, 1.165) is 0 Å². The Morgan fingerprint density at radius 3 is 2.58 bits per heavy atom. The zero-order valence-corrected chi connectivity index (χ0v) is 11.4. The van der Waals surface area contributed by atoms with Gasteiger partial charge in [0, 0.05) is 31.5 Å². The first kappa shape index (κ1) is 13.4. The van der Waals surface area contributed by atoms with Gasteiger partial charge in [0.1, 0.15) is 11.5 Å². The Bertz CT molecular complexity index is 524. The number of amides is 1. The second-order valence-electron chi connectivity index (χ2n) is 4.42. The smallest absolute Gasteiger partial charge is 0.223 e. The molecule has 1 aliphatic rings. The molecule has 1 amide bonds. The van der Waals surface area contributed by atoms with E-state index in [-0.39, 0.29) is 11.7 Å². The number of rotatable bonds is 2. The molecule has 0 saturated heterocycles. The Hall–Kier alpha value is -2.04. The number of Topliss-reactive ketones (excluding diaryl/α,β-unsaturated/α-hetero) is 1. The predicted octanol–water partition coefficient (Wildman–Crippen LogP) is 2.03. The fourth-order valence-electron chi connectivity index (χ4n) is 2.31. The van der Waals surface area contributed by atoms with Crippen molar-refractivity contribution in [2.45, 2.75) is 19.8 Å². The van der Waals surface area contributed by atoms with Gasteiger partial charge in [-0.05, 0) is 12.5 Å². The number of ketones is 1. The highest BCUT2D eigenvalue weighted by molar-refractivity contribution is 6.08. The molecular formula is C14H17NO4. The minimum absolute atomic E-state index is 0.0101. The van der Waals surface area contributed by atoms with E-state index in [0.29, 0.717) is 42.1 Å². The molecule has 0 atom stereocenters. The number of methoxy groups -OCH3 is 2. The average molecular weight is 263 g/mol. The molecule has 102 valence electrons. The number of fused-ring (bicyclic) bond motifs is 1. The molecular weight excluding hydrogens is 246 g/mol. The van der Waals surface area contributed by atoms with E-state index in [1.807, 2.05) is 0 Å². The van der Waals surface area contributed by atoms with Crippen LogP contribution >= 0.6 is 0 Å². The first-order valence-electron chi connectivity index (χ1n) is 6.15. The van der Waals surface area contributed by atoms with Gasteiger partial charge < -0.3 is 14.4 Å². The predicted molar refractivity (Wildman–Crippen MR) is 71.1 cm³/mol. The lowest BCUT2D eigenvalue weighted by Gasteiger charge is -2.23. The monoisotopic (exact) mass is 263 g/mol. The van der Waals surface area contributed by atoms with Crippen LogP contribution in [0.5, 0.6) is 11.5 Å². The van der Waals surface area contributed by atoms with Gasteiger partial charge >= 0.3 is 0 Å². The fourth-order valence-corrected chi connectivity index (χ4v) is 2.31. The van der Waals surface area contributed by atoms with Crippen molar-refractivity contribution in [3.8, 4) is 11.5 Å². The van der Waals surface area contributed by atoms with Crippen LogP contribution in [0.4, 0.5) is 5.69 Å². The van der Waals surface area contributed by atoms with Gasteiger partial charge in [0.25, 0.3) is 0 Å². The Balaban J connectivity index is 2.68. The highest BCUT2D eigenvalue weighted by Gasteiger charge is 2.27. The molecule has 0 bridgehead atoms. The average Bonchev–Trinajstić information content (AvgIpc) is 2.57. The highest BCUT2D eigenvalue weighted by Crippen LogP contribution is 2.39. The largest absolute Gasteiger partial charge is 0.497 e. The van der Waals surface area contributed by atoms with Gasteiger partial charge in [-0.1, -0.05) is 0 Å². The Morgan fingerprint density at radius 2 is 2.00 bits per heavy atom. The number of carbonyl (C=O) groups excluding carboxylic acids is 2. The summed E-state index contributed by atoms with van der Waals surface area (Å²) in [6.45, 7) is 2.01. The maximum Gasteiger partial charge on any atom is 0.223 e. The fraction of sp³-hybridized carbons (Fsp3) is 0.429. The van der Waals surface area contributed by atoms with Crippen LogP contribution in [0.3, 0.4) is 0 Å². The van der Waals surface area contributed by atoms with E-state index in [4.69, 9.17) is 9.47 Å². The summed E-state index contributed by atoms with van der Waals surface area (Å²) >= 11 is 0. The molecule has 0 saturated carbocycles. The van der Waals surface area contributed by atoms with Gasteiger partial charge in [0.15, 0.2) is 5.78 Å². The maximum atomic E-state index is 12.2. The van der Waals surface area contributed by atoms with Crippen molar-refractivity contribution < 1.29 is 19.1 Å². The number of anilines is 1. The van der Waals surface area contributed by atoms with Crippen LogP contribution in [0.2, 0.25) is 0 Å². The van der Waals surface area contributed by atoms with Crippen LogP contribution in [-0.4, -0.2) is 32.5 Å². The molecule has 0 N–H and O–H groups in total. The summed E-state index contributed by atoms with van der Waals surface area (Å²) in [5.74, 6) is 0.949. The van der Waals surface area contributed by atoms with Crippen LogP contribution in [0, 0.1) is 0 Å². The minimum Gasteiger partial charge on any atom is -0.497 e. The SMILES string of the molecule is COc1cc(OC)c2c(c1)C(=O)CCCN2C(C)=O. The first-order chi connectivity index (χ1) is 9.08. The van der Waals surface area contributed by atoms with Crippen LogP contribution in [0.25, 0.3) is 0 Å². The second-order valence-corrected chi connectivity index (χ2v) is 4.42. The zero-order chi connectivity index (χ0) is 14.0. The third-order valence-corrected chi connectivity index (χ3v) is 3.24. The van der Waals surface area contributed by atoms with E-state index in [2.05, 4.69) is 0 Å². The lowest BCUT2D eigenvalue weighted by atomic mass is 10.0. The lowest BCUT2D eigenvalue weighted by molar-refractivity contribution is -0.116. The molecule has 2 rings (SSSR count). The van der Waals surface area contributed by atoms with Crippen molar-refractivity contribution in [3.63, 3.8) is 0 Å². The van der Waals surface area contributed by atoms with Gasteiger partial charge in [-0.3, -0.25) is 9.59 Å². The summed E-state index contributed by atoms with van der Waals surface area (Å²) in [6.07, 6.45) is 1.08. The molecule has 0 aliphatic carbocycles. The topological polar surface area (TPSA) is 55.8 Å². The molecule has 5 nitrogen and oxygen atoms in total. The summed E-state index contributed by atoms with van der Waals surface area (Å²) in [5, 5.41) is 0. The van der Waals surface area contributed by atoms with E-state index >= 15 is 0 Å². The molecule has 1 heterocycles. The normalized spacial score (nSPS) is 14.7. The number of benzene rings is 1. The number of ether oxygens (including phenoxy) is 2. The van der Waals surface area contributed by atoms with E-state index in [1.165, 1.54) is 21.1 Å². The molecule has 1 aromatic carbocycles. The van der Waals surface area contributed by atoms with E-state index in [1.54, 1.807) is 17.0 Å². The maximum absolute atomic E-state index is 12.2. The summed E-state index contributed by atoms with van der Waals surface area (Å²) in [6, 6.07) is 3.36. The van der Waals surface area contributed by atoms with Crippen molar-refractivity contribution in [3.05, 3.63) is 17.7 Å². The van der Waals surface area contributed by atoms with E-state index in [9.17, 15) is 9.59 Å². The molecule has 0 radical (unpaired) electrons. The first-order valence-corrected chi connectivity index (χ1v) is 6.15. The quantitative estimate of drug-likeness (QED) is 0.819. The van der Waals surface area contributed by atoms with Crippen molar-refractivity contribution >= 4 is 17.4 Å². The molecule has 0 spiro atoms. The Morgan fingerprint density at radius 1 is 1.26 bits per heavy atom. The zero-order valence-electron chi connectivity index (χ0n) is 11.4. The van der Waals surface area contributed by atoms with Gasteiger partial charge in [0.2, 0.25) is 5.91 Å². The molecule has 0 unspecified atom stereocenters. The van der Waals surface area contributed by atoms with Crippen LogP contribution in [0.15, 0.2) is 12.1 Å². The van der Waals surface area contributed by atoms with Crippen molar-refractivity contribution in [2.24, 2.45) is 0 Å².